The minimum Gasteiger partial charge on any atom is -0.504 e. The Bertz CT molecular complexity index is 730. The summed E-state index contributed by atoms with van der Waals surface area (Å²) < 4.78 is 5.14. The van der Waals surface area contributed by atoms with E-state index in [4.69, 9.17) is 4.74 Å². The van der Waals surface area contributed by atoms with Crippen LogP contribution in [-0.2, 0) is 13.0 Å². The molecule has 1 heterocycles. The van der Waals surface area contributed by atoms with Crippen LogP contribution in [0.2, 0.25) is 0 Å². The third-order valence-electron chi connectivity index (χ3n) is 3.62. The minimum absolute atomic E-state index is 0.152. The number of phenols is 1. The number of thiazole rings is 1. The number of guanidine groups is 1. The summed E-state index contributed by atoms with van der Waals surface area (Å²) in [5.74, 6) is 1.40. The number of rotatable bonds is 8. The number of nitrogens with zero attached hydrogens (tertiary/aromatic N) is 3. The molecule has 0 aliphatic carbocycles. The molecule has 0 saturated carbocycles. The molecule has 0 atom stereocenters. The molecule has 0 spiro atoms. The lowest BCUT2D eigenvalue weighted by atomic mass is 10.1. The number of aromatic nitrogens is 1. The van der Waals surface area contributed by atoms with Gasteiger partial charge in [0.05, 0.1) is 19.3 Å². The predicted octanol–water partition coefficient (Wildman–Crippen LogP) is 2.22. The molecular weight excluding hydrogens is 350 g/mol. The molecule has 0 aliphatic heterocycles. The molecule has 2 aromatic rings. The van der Waals surface area contributed by atoms with E-state index in [-0.39, 0.29) is 5.75 Å². The molecular formula is C18H27N5O2S. The van der Waals surface area contributed by atoms with Crippen LogP contribution in [0.5, 0.6) is 11.5 Å². The molecule has 0 saturated heterocycles. The summed E-state index contributed by atoms with van der Waals surface area (Å²) in [6.07, 6.45) is 0.794. The summed E-state index contributed by atoms with van der Waals surface area (Å²) in [6.45, 7) is 4.08. The van der Waals surface area contributed by atoms with Gasteiger partial charge < -0.3 is 25.4 Å². The Balaban J connectivity index is 1.90. The van der Waals surface area contributed by atoms with Crippen molar-refractivity contribution in [3.63, 3.8) is 0 Å². The predicted molar refractivity (Wildman–Crippen MR) is 108 cm³/mol. The van der Waals surface area contributed by atoms with Crippen LogP contribution in [0, 0.1) is 0 Å². The summed E-state index contributed by atoms with van der Waals surface area (Å²) in [6, 6.07) is 5.39. The van der Waals surface area contributed by atoms with E-state index < -0.39 is 0 Å². The van der Waals surface area contributed by atoms with Crippen molar-refractivity contribution >= 4 is 22.4 Å². The number of anilines is 1. The Kier molecular flexibility index (Phi) is 7.53. The van der Waals surface area contributed by atoms with Crippen LogP contribution in [0.15, 0.2) is 28.6 Å². The lowest BCUT2D eigenvalue weighted by molar-refractivity contribution is 0.373. The molecule has 142 valence electrons. The molecule has 26 heavy (non-hydrogen) atoms. The van der Waals surface area contributed by atoms with Crippen LogP contribution in [0.4, 0.5) is 5.13 Å². The second-order valence-electron chi connectivity index (χ2n) is 5.89. The van der Waals surface area contributed by atoms with Gasteiger partial charge in [-0.2, -0.15) is 0 Å². The number of benzene rings is 1. The number of phenolic OH excluding ortho intramolecular Hbond substituents is 1. The Labute approximate surface area is 158 Å². The first-order valence-electron chi connectivity index (χ1n) is 8.53. The van der Waals surface area contributed by atoms with Crippen LogP contribution in [-0.4, -0.2) is 50.3 Å². The highest BCUT2D eigenvalue weighted by Gasteiger charge is 2.05. The first-order valence-corrected chi connectivity index (χ1v) is 9.41. The van der Waals surface area contributed by atoms with Gasteiger partial charge in [0.15, 0.2) is 22.6 Å². The monoisotopic (exact) mass is 377 g/mol. The molecule has 8 heteroatoms. The maximum atomic E-state index is 9.65. The second kappa shape index (κ2) is 9.86. The average Bonchev–Trinajstić information content (AvgIpc) is 3.10. The SMILES string of the molecule is CCNC(=NCc1csc(N(C)C)n1)NCCc1ccc(O)c(OC)c1. The van der Waals surface area contributed by atoms with E-state index in [0.29, 0.717) is 12.3 Å². The van der Waals surface area contributed by atoms with Gasteiger partial charge >= 0.3 is 0 Å². The fourth-order valence-electron chi connectivity index (χ4n) is 2.28. The Morgan fingerprint density at radius 1 is 1.35 bits per heavy atom. The summed E-state index contributed by atoms with van der Waals surface area (Å²) in [7, 11) is 5.51. The van der Waals surface area contributed by atoms with E-state index in [1.807, 2.05) is 43.4 Å². The van der Waals surface area contributed by atoms with Crippen LogP contribution in [0.25, 0.3) is 0 Å². The number of hydrogen-bond acceptors (Lipinski definition) is 6. The van der Waals surface area contributed by atoms with Crippen LogP contribution in [0.1, 0.15) is 18.2 Å². The molecule has 2 rings (SSSR count). The standard InChI is InChI=1S/C18H27N5O2S/c1-5-19-17(21-11-14-12-26-18(22-14)23(2)3)20-9-8-13-6-7-15(24)16(10-13)25-4/h6-7,10,12,24H,5,8-9,11H2,1-4H3,(H2,19,20,21). The summed E-state index contributed by atoms with van der Waals surface area (Å²) in [5.41, 5.74) is 2.04. The molecule has 1 aromatic heterocycles. The molecule has 0 amide bonds. The highest BCUT2D eigenvalue weighted by Crippen LogP contribution is 2.26. The Morgan fingerprint density at radius 3 is 2.81 bits per heavy atom. The number of methoxy groups -OCH3 is 1. The van der Waals surface area contributed by atoms with E-state index in [1.165, 1.54) is 0 Å². The highest BCUT2D eigenvalue weighted by molar-refractivity contribution is 7.13. The zero-order valence-corrected chi connectivity index (χ0v) is 16.6. The lowest BCUT2D eigenvalue weighted by Crippen LogP contribution is -2.38. The van der Waals surface area contributed by atoms with Crippen molar-refractivity contribution in [2.75, 3.05) is 39.2 Å². The maximum absolute atomic E-state index is 9.65. The lowest BCUT2D eigenvalue weighted by Gasteiger charge is -2.12. The van der Waals surface area contributed by atoms with Gasteiger partial charge in [0, 0.05) is 32.6 Å². The Morgan fingerprint density at radius 2 is 2.15 bits per heavy atom. The fraction of sp³-hybridized carbons (Fsp3) is 0.444. The van der Waals surface area contributed by atoms with Crippen molar-refractivity contribution in [2.24, 2.45) is 4.99 Å². The number of hydrogen-bond donors (Lipinski definition) is 3. The Hall–Kier alpha value is -2.48. The maximum Gasteiger partial charge on any atom is 0.191 e. The summed E-state index contributed by atoms with van der Waals surface area (Å²) in [5, 5.41) is 19.2. The summed E-state index contributed by atoms with van der Waals surface area (Å²) in [4.78, 5) is 11.1. The number of aliphatic imine (C=N–C) groups is 1. The van der Waals surface area contributed by atoms with E-state index >= 15 is 0 Å². The van der Waals surface area contributed by atoms with Gasteiger partial charge in [0.2, 0.25) is 0 Å². The van der Waals surface area contributed by atoms with Gasteiger partial charge in [-0.25, -0.2) is 9.98 Å². The van der Waals surface area contributed by atoms with Crippen LogP contribution in [0.3, 0.4) is 0 Å². The highest BCUT2D eigenvalue weighted by atomic mass is 32.1. The van der Waals surface area contributed by atoms with Crippen molar-refractivity contribution < 1.29 is 9.84 Å². The molecule has 0 bridgehead atoms. The van der Waals surface area contributed by atoms with Gasteiger partial charge in [0.1, 0.15) is 0 Å². The van der Waals surface area contributed by atoms with Crippen molar-refractivity contribution in [2.45, 2.75) is 19.9 Å². The van der Waals surface area contributed by atoms with E-state index in [9.17, 15) is 5.11 Å². The third kappa shape index (κ3) is 5.80. The number of nitrogens with one attached hydrogen (secondary N) is 2. The van der Waals surface area contributed by atoms with Crippen LogP contribution < -0.4 is 20.3 Å². The molecule has 3 N–H and O–H groups in total. The van der Waals surface area contributed by atoms with Crippen molar-refractivity contribution in [3.8, 4) is 11.5 Å². The zero-order valence-electron chi connectivity index (χ0n) is 15.7. The molecule has 1 aromatic carbocycles. The molecule has 0 radical (unpaired) electrons. The minimum atomic E-state index is 0.152. The first-order chi connectivity index (χ1) is 12.5. The third-order valence-corrected chi connectivity index (χ3v) is 4.67. The van der Waals surface area contributed by atoms with E-state index in [0.717, 1.165) is 41.9 Å². The molecule has 0 fully saturated rings. The smallest absolute Gasteiger partial charge is 0.191 e. The topological polar surface area (TPSA) is 82.0 Å². The van der Waals surface area contributed by atoms with E-state index in [2.05, 4.69) is 20.6 Å². The molecule has 0 unspecified atom stereocenters. The fourth-order valence-corrected chi connectivity index (χ4v) is 3.03. The second-order valence-corrected chi connectivity index (χ2v) is 6.73. The number of ether oxygens (including phenoxy) is 1. The summed E-state index contributed by atoms with van der Waals surface area (Å²) >= 11 is 1.61. The normalized spacial score (nSPS) is 11.3. The van der Waals surface area contributed by atoms with Crippen molar-refractivity contribution in [3.05, 3.63) is 34.8 Å². The van der Waals surface area contributed by atoms with Gasteiger partial charge in [-0.15, -0.1) is 11.3 Å². The zero-order chi connectivity index (χ0) is 18.9. The quantitative estimate of drug-likeness (QED) is 0.483. The van der Waals surface area contributed by atoms with Crippen LogP contribution >= 0.6 is 11.3 Å². The first kappa shape index (κ1) is 19.8. The molecule has 7 nitrogen and oxygen atoms in total. The van der Waals surface area contributed by atoms with Gasteiger partial charge in [-0.3, -0.25) is 0 Å². The van der Waals surface area contributed by atoms with Gasteiger partial charge in [-0.05, 0) is 31.0 Å². The average molecular weight is 378 g/mol. The largest absolute Gasteiger partial charge is 0.504 e. The van der Waals surface area contributed by atoms with Crippen molar-refractivity contribution in [1.82, 2.24) is 15.6 Å². The van der Waals surface area contributed by atoms with Crippen molar-refractivity contribution in [1.29, 1.82) is 0 Å². The van der Waals surface area contributed by atoms with Gasteiger partial charge in [-0.1, -0.05) is 6.07 Å². The van der Waals surface area contributed by atoms with Gasteiger partial charge in [0.25, 0.3) is 0 Å². The molecule has 0 aliphatic rings. The number of aromatic hydroxyl groups is 1. The van der Waals surface area contributed by atoms with E-state index in [1.54, 1.807) is 24.5 Å².